The van der Waals surface area contributed by atoms with Crippen molar-refractivity contribution in [3.05, 3.63) is 24.0 Å². The Bertz CT molecular complexity index is 307. The highest BCUT2D eigenvalue weighted by Gasteiger charge is 2.07. The van der Waals surface area contributed by atoms with E-state index in [2.05, 4.69) is 31.1 Å². The largest absolute Gasteiger partial charge is 0.488 e. The molecule has 0 saturated heterocycles. The quantitative estimate of drug-likeness (QED) is 0.790. The third-order valence-corrected chi connectivity index (χ3v) is 2.90. The third kappa shape index (κ3) is 5.18. The summed E-state index contributed by atoms with van der Waals surface area (Å²) >= 11 is 0. The van der Waals surface area contributed by atoms with Crippen molar-refractivity contribution < 1.29 is 4.74 Å². The van der Waals surface area contributed by atoms with E-state index in [9.17, 15) is 0 Å². The number of nitrogens with one attached hydrogen (secondary N) is 1. The fourth-order valence-corrected chi connectivity index (χ4v) is 1.71. The van der Waals surface area contributed by atoms with Crippen LogP contribution in [0.5, 0.6) is 5.75 Å². The molecule has 0 spiro atoms. The number of ether oxygens (including phenoxy) is 1. The molecule has 1 atom stereocenters. The Labute approximate surface area is 105 Å². The third-order valence-electron chi connectivity index (χ3n) is 2.90. The maximum Gasteiger partial charge on any atom is 0.138 e. The lowest BCUT2D eigenvalue weighted by molar-refractivity contribution is 0.209. The molecule has 0 aromatic carbocycles. The number of pyridine rings is 1. The molecular formula is C14H24N2O. The van der Waals surface area contributed by atoms with E-state index in [4.69, 9.17) is 4.74 Å². The van der Waals surface area contributed by atoms with Crippen molar-refractivity contribution in [1.82, 2.24) is 10.3 Å². The van der Waals surface area contributed by atoms with Gasteiger partial charge in [0.15, 0.2) is 0 Å². The van der Waals surface area contributed by atoms with E-state index in [1.54, 1.807) is 6.20 Å². The van der Waals surface area contributed by atoms with Crippen molar-refractivity contribution in [3.63, 3.8) is 0 Å². The molecule has 0 radical (unpaired) electrons. The molecule has 1 aromatic heterocycles. The Kier molecular flexibility index (Phi) is 5.98. The van der Waals surface area contributed by atoms with Crippen LogP contribution in [0.15, 0.2) is 18.3 Å². The van der Waals surface area contributed by atoms with Gasteiger partial charge in [-0.05, 0) is 38.8 Å². The van der Waals surface area contributed by atoms with Gasteiger partial charge in [-0.25, -0.2) is 0 Å². The first-order valence-electron chi connectivity index (χ1n) is 6.48. The smallest absolute Gasteiger partial charge is 0.138 e. The highest BCUT2D eigenvalue weighted by Crippen LogP contribution is 2.10. The lowest BCUT2D eigenvalue weighted by Crippen LogP contribution is -2.36. The summed E-state index contributed by atoms with van der Waals surface area (Å²) in [6.07, 6.45) is 4.27. The van der Waals surface area contributed by atoms with Crippen LogP contribution in [0.3, 0.4) is 0 Å². The Morgan fingerprint density at radius 3 is 2.53 bits per heavy atom. The van der Waals surface area contributed by atoms with Gasteiger partial charge < -0.3 is 10.1 Å². The van der Waals surface area contributed by atoms with E-state index >= 15 is 0 Å². The maximum atomic E-state index is 5.78. The molecule has 17 heavy (non-hydrogen) atoms. The van der Waals surface area contributed by atoms with Gasteiger partial charge in [-0.15, -0.1) is 0 Å². The minimum absolute atomic E-state index is 0.167. The summed E-state index contributed by atoms with van der Waals surface area (Å²) in [7, 11) is 0. The Morgan fingerprint density at radius 2 is 2.00 bits per heavy atom. The zero-order valence-electron chi connectivity index (χ0n) is 11.4. The van der Waals surface area contributed by atoms with Crippen LogP contribution >= 0.6 is 0 Å². The first kappa shape index (κ1) is 14.0. The zero-order chi connectivity index (χ0) is 12.7. The van der Waals surface area contributed by atoms with Gasteiger partial charge in [-0.3, -0.25) is 4.98 Å². The van der Waals surface area contributed by atoms with Crippen LogP contribution in [0.25, 0.3) is 0 Å². The normalized spacial score (nSPS) is 12.8. The maximum absolute atomic E-state index is 5.78. The van der Waals surface area contributed by atoms with Crippen LogP contribution in [0, 0.1) is 6.92 Å². The highest BCUT2D eigenvalue weighted by atomic mass is 16.5. The first-order valence-corrected chi connectivity index (χ1v) is 6.48. The van der Waals surface area contributed by atoms with E-state index < -0.39 is 0 Å². The topological polar surface area (TPSA) is 34.1 Å². The summed E-state index contributed by atoms with van der Waals surface area (Å²) in [5.41, 5.74) is 1.01. The first-order chi connectivity index (χ1) is 8.15. The molecule has 0 fully saturated rings. The Balaban J connectivity index is 2.34. The molecule has 0 bridgehead atoms. The summed E-state index contributed by atoms with van der Waals surface area (Å²) in [6, 6.07) is 4.53. The predicted octanol–water partition coefficient (Wildman–Crippen LogP) is 2.94. The molecule has 0 aliphatic carbocycles. The van der Waals surface area contributed by atoms with Crippen LogP contribution in [0.4, 0.5) is 0 Å². The molecule has 1 heterocycles. The molecule has 96 valence electrons. The lowest BCUT2D eigenvalue weighted by Gasteiger charge is -2.19. The lowest BCUT2D eigenvalue weighted by atomic mass is 10.1. The minimum Gasteiger partial charge on any atom is -0.488 e. The fourth-order valence-electron chi connectivity index (χ4n) is 1.71. The summed E-state index contributed by atoms with van der Waals surface area (Å²) in [5.74, 6) is 0.842. The SMILES string of the molecule is CCC(CC)NCC(C)Oc1ccc(C)nc1. The Morgan fingerprint density at radius 1 is 1.29 bits per heavy atom. The molecule has 0 saturated carbocycles. The number of rotatable bonds is 7. The molecule has 1 N–H and O–H groups in total. The van der Waals surface area contributed by atoms with Gasteiger partial charge in [0.25, 0.3) is 0 Å². The van der Waals surface area contributed by atoms with Gasteiger partial charge in [0.2, 0.25) is 0 Å². The second kappa shape index (κ2) is 7.28. The summed E-state index contributed by atoms with van der Waals surface area (Å²) in [6.45, 7) is 9.34. The summed E-state index contributed by atoms with van der Waals surface area (Å²) in [5, 5.41) is 3.51. The molecule has 1 aromatic rings. The number of hydrogen-bond donors (Lipinski definition) is 1. The predicted molar refractivity (Wildman–Crippen MR) is 71.4 cm³/mol. The molecule has 1 rings (SSSR count). The Hall–Kier alpha value is -1.09. The number of aromatic nitrogens is 1. The van der Waals surface area contributed by atoms with Crippen molar-refractivity contribution in [2.75, 3.05) is 6.54 Å². The second-order valence-electron chi connectivity index (χ2n) is 4.49. The van der Waals surface area contributed by atoms with Crippen LogP contribution in [-0.4, -0.2) is 23.7 Å². The van der Waals surface area contributed by atoms with Gasteiger partial charge in [0, 0.05) is 18.3 Å². The van der Waals surface area contributed by atoms with Crippen LogP contribution < -0.4 is 10.1 Å². The van der Waals surface area contributed by atoms with Crippen molar-refractivity contribution in [3.8, 4) is 5.75 Å². The molecule has 0 aliphatic rings. The average molecular weight is 236 g/mol. The van der Waals surface area contributed by atoms with Crippen molar-refractivity contribution in [2.24, 2.45) is 0 Å². The van der Waals surface area contributed by atoms with Crippen molar-refractivity contribution in [2.45, 2.75) is 52.7 Å². The number of nitrogens with zero attached hydrogens (tertiary/aromatic N) is 1. The van der Waals surface area contributed by atoms with Gasteiger partial charge in [-0.2, -0.15) is 0 Å². The van der Waals surface area contributed by atoms with Gasteiger partial charge in [0.1, 0.15) is 11.9 Å². The van der Waals surface area contributed by atoms with E-state index in [0.717, 1.165) is 30.8 Å². The van der Waals surface area contributed by atoms with Crippen LogP contribution in [0.1, 0.15) is 39.3 Å². The minimum atomic E-state index is 0.167. The van der Waals surface area contributed by atoms with E-state index in [1.165, 1.54) is 0 Å². The zero-order valence-corrected chi connectivity index (χ0v) is 11.4. The van der Waals surface area contributed by atoms with E-state index in [0.29, 0.717) is 6.04 Å². The molecule has 3 nitrogen and oxygen atoms in total. The monoisotopic (exact) mass is 236 g/mol. The van der Waals surface area contributed by atoms with E-state index in [-0.39, 0.29) is 6.10 Å². The number of hydrogen-bond acceptors (Lipinski definition) is 3. The molecular weight excluding hydrogens is 212 g/mol. The average Bonchev–Trinajstić information content (AvgIpc) is 2.33. The van der Waals surface area contributed by atoms with E-state index in [1.807, 2.05) is 19.1 Å². The van der Waals surface area contributed by atoms with Crippen LogP contribution in [-0.2, 0) is 0 Å². The summed E-state index contributed by atoms with van der Waals surface area (Å²) in [4.78, 5) is 4.21. The van der Waals surface area contributed by atoms with Crippen molar-refractivity contribution >= 4 is 0 Å². The highest BCUT2D eigenvalue weighted by molar-refractivity contribution is 5.19. The van der Waals surface area contributed by atoms with Gasteiger partial charge >= 0.3 is 0 Å². The molecule has 1 unspecified atom stereocenters. The van der Waals surface area contributed by atoms with Gasteiger partial charge in [-0.1, -0.05) is 13.8 Å². The summed E-state index contributed by atoms with van der Waals surface area (Å²) < 4.78 is 5.78. The second-order valence-corrected chi connectivity index (χ2v) is 4.49. The van der Waals surface area contributed by atoms with Gasteiger partial charge in [0.05, 0.1) is 6.20 Å². The van der Waals surface area contributed by atoms with Crippen molar-refractivity contribution in [1.29, 1.82) is 0 Å². The molecule has 0 amide bonds. The standard InChI is InChI=1S/C14H24N2O/c1-5-13(6-2)16-9-12(4)17-14-8-7-11(3)15-10-14/h7-8,10,12-13,16H,5-6,9H2,1-4H3. The molecule has 3 heteroatoms. The van der Waals surface area contributed by atoms with Crippen LogP contribution in [0.2, 0.25) is 0 Å². The fraction of sp³-hybridized carbons (Fsp3) is 0.643. The molecule has 0 aliphatic heterocycles. The number of aryl methyl sites for hydroxylation is 1.